The summed E-state index contributed by atoms with van der Waals surface area (Å²) in [6, 6.07) is 1.26. The number of hydrogen-bond donors (Lipinski definition) is 1. The zero-order chi connectivity index (χ0) is 9.84. The van der Waals surface area contributed by atoms with E-state index >= 15 is 0 Å². The van der Waals surface area contributed by atoms with Crippen molar-refractivity contribution in [2.45, 2.75) is 45.2 Å². The first-order valence-electron chi connectivity index (χ1n) is 5.14. The van der Waals surface area contributed by atoms with Crippen molar-refractivity contribution < 1.29 is 4.21 Å². The Morgan fingerprint density at radius 3 is 2.62 bits per heavy atom. The highest BCUT2D eigenvalue weighted by atomic mass is 32.2. The Labute approximate surface area is 83.9 Å². The maximum absolute atomic E-state index is 10.9. The number of rotatable bonds is 5. The molecule has 13 heavy (non-hydrogen) atoms. The highest BCUT2D eigenvalue weighted by Crippen LogP contribution is 2.26. The van der Waals surface area contributed by atoms with Crippen LogP contribution in [-0.2, 0) is 10.8 Å². The smallest absolute Gasteiger partial charge is 0.0246 e. The minimum Gasteiger partial charge on any atom is -0.311 e. The summed E-state index contributed by atoms with van der Waals surface area (Å²) in [5.41, 5.74) is 0. The normalized spacial score (nSPS) is 32.2. The molecule has 0 radical (unpaired) electrons. The molecule has 1 aliphatic carbocycles. The van der Waals surface area contributed by atoms with Crippen LogP contribution in [0.25, 0.3) is 0 Å². The fourth-order valence-corrected chi connectivity index (χ4v) is 2.55. The van der Waals surface area contributed by atoms with Gasteiger partial charge in [0.25, 0.3) is 0 Å². The van der Waals surface area contributed by atoms with Crippen molar-refractivity contribution in [2.75, 3.05) is 12.0 Å². The van der Waals surface area contributed by atoms with E-state index in [0.29, 0.717) is 6.04 Å². The van der Waals surface area contributed by atoms with E-state index in [-0.39, 0.29) is 0 Å². The van der Waals surface area contributed by atoms with Gasteiger partial charge < -0.3 is 5.32 Å². The molecule has 0 spiro atoms. The zero-order valence-corrected chi connectivity index (χ0v) is 9.69. The summed E-state index contributed by atoms with van der Waals surface area (Å²) in [5, 5.41) is 3.57. The second-order valence-corrected chi connectivity index (χ2v) is 5.96. The standard InChI is InChI=1S/C10H21NOS/c1-8-6-10(7-8)11-9(2)4-5-13(3)12/h8-11H,4-7H2,1-3H3. The van der Waals surface area contributed by atoms with Gasteiger partial charge in [0.05, 0.1) is 0 Å². The van der Waals surface area contributed by atoms with Gasteiger partial charge in [0.2, 0.25) is 0 Å². The van der Waals surface area contributed by atoms with Crippen molar-refractivity contribution in [3.8, 4) is 0 Å². The van der Waals surface area contributed by atoms with Crippen LogP contribution in [-0.4, -0.2) is 28.3 Å². The van der Waals surface area contributed by atoms with Crippen LogP contribution in [0.3, 0.4) is 0 Å². The van der Waals surface area contributed by atoms with Crippen LogP contribution in [0.5, 0.6) is 0 Å². The van der Waals surface area contributed by atoms with Crippen molar-refractivity contribution in [2.24, 2.45) is 5.92 Å². The monoisotopic (exact) mass is 203 g/mol. The average Bonchev–Trinajstić information content (AvgIpc) is 1.98. The average molecular weight is 203 g/mol. The molecule has 78 valence electrons. The molecular formula is C10H21NOS. The van der Waals surface area contributed by atoms with Crippen LogP contribution in [0.1, 0.15) is 33.1 Å². The molecule has 1 fully saturated rings. The first-order chi connectivity index (χ1) is 6.08. The van der Waals surface area contributed by atoms with Gasteiger partial charge in [0, 0.05) is 34.9 Å². The molecule has 0 bridgehead atoms. The molecule has 1 N–H and O–H groups in total. The summed E-state index contributed by atoms with van der Waals surface area (Å²) in [6.07, 6.45) is 5.45. The molecule has 0 aromatic heterocycles. The lowest BCUT2D eigenvalue weighted by Gasteiger charge is -2.35. The van der Waals surface area contributed by atoms with E-state index in [4.69, 9.17) is 0 Å². The van der Waals surface area contributed by atoms with Gasteiger partial charge in [-0.15, -0.1) is 0 Å². The predicted octanol–water partition coefficient (Wildman–Crippen LogP) is 1.53. The first kappa shape index (κ1) is 11.2. The summed E-state index contributed by atoms with van der Waals surface area (Å²) in [6.45, 7) is 4.49. The third kappa shape index (κ3) is 4.23. The molecule has 3 heteroatoms. The van der Waals surface area contributed by atoms with E-state index in [0.717, 1.165) is 24.1 Å². The Bertz CT molecular complexity index is 178. The molecule has 1 rings (SSSR count). The van der Waals surface area contributed by atoms with Gasteiger partial charge in [-0.05, 0) is 32.1 Å². The topological polar surface area (TPSA) is 29.1 Å². The minimum absolute atomic E-state index is 0.529. The molecule has 2 nitrogen and oxygen atoms in total. The van der Waals surface area contributed by atoms with Gasteiger partial charge in [-0.25, -0.2) is 0 Å². The highest BCUT2D eigenvalue weighted by molar-refractivity contribution is 7.84. The Morgan fingerprint density at radius 1 is 1.54 bits per heavy atom. The van der Waals surface area contributed by atoms with Gasteiger partial charge >= 0.3 is 0 Å². The molecule has 0 saturated heterocycles. The molecule has 0 heterocycles. The van der Waals surface area contributed by atoms with Crippen molar-refractivity contribution in [1.29, 1.82) is 0 Å². The summed E-state index contributed by atoms with van der Waals surface area (Å²) in [5.74, 6) is 1.74. The van der Waals surface area contributed by atoms with Crippen LogP contribution in [0, 0.1) is 5.92 Å². The van der Waals surface area contributed by atoms with Crippen LogP contribution in [0.2, 0.25) is 0 Å². The van der Waals surface area contributed by atoms with Crippen molar-refractivity contribution in [3.63, 3.8) is 0 Å². The van der Waals surface area contributed by atoms with Gasteiger partial charge in [0.1, 0.15) is 0 Å². The molecule has 0 aromatic carbocycles. The van der Waals surface area contributed by atoms with Crippen LogP contribution in [0.4, 0.5) is 0 Å². The lowest BCUT2D eigenvalue weighted by Crippen LogP contribution is -2.44. The third-order valence-electron chi connectivity index (χ3n) is 2.73. The second-order valence-electron chi connectivity index (χ2n) is 4.41. The molecular weight excluding hydrogens is 182 g/mol. The molecule has 1 aliphatic rings. The maximum atomic E-state index is 10.9. The highest BCUT2D eigenvalue weighted by Gasteiger charge is 2.25. The van der Waals surface area contributed by atoms with E-state index in [1.165, 1.54) is 12.8 Å². The fourth-order valence-electron chi connectivity index (χ4n) is 1.87. The minimum atomic E-state index is -0.632. The van der Waals surface area contributed by atoms with Crippen molar-refractivity contribution >= 4 is 10.8 Å². The first-order valence-corrected chi connectivity index (χ1v) is 6.86. The summed E-state index contributed by atoms with van der Waals surface area (Å²) in [4.78, 5) is 0. The molecule has 0 aliphatic heterocycles. The van der Waals surface area contributed by atoms with Gasteiger partial charge in [-0.1, -0.05) is 6.92 Å². The maximum Gasteiger partial charge on any atom is 0.0246 e. The lowest BCUT2D eigenvalue weighted by molar-refractivity contribution is 0.224. The van der Waals surface area contributed by atoms with E-state index < -0.39 is 10.8 Å². The fraction of sp³-hybridized carbons (Fsp3) is 1.00. The zero-order valence-electron chi connectivity index (χ0n) is 8.88. The Kier molecular flexibility index (Phi) is 4.39. The van der Waals surface area contributed by atoms with Crippen LogP contribution >= 0.6 is 0 Å². The Hall–Kier alpha value is 0.110. The largest absolute Gasteiger partial charge is 0.311 e. The lowest BCUT2D eigenvalue weighted by atomic mass is 9.81. The Morgan fingerprint density at radius 2 is 2.15 bits per heavy atom. The van der Waals surface area contributed by atoms with Crippen LogP contribution < -0.4 is 5.32 Å². The molecule has 0 amide bonds. The van der Waals surface area contributed by atoms with Crippen LogP contribution in [0.15, 0.2) is 0 Å². The van der Waals surface area contributed by atoms with Gasteiger partial charge in [0.15, 0.2) is 0 Å². The van der Waals surface area contributed by atoms with Gasteiger partial charge in [-0.2, -0.15) is 0 Å². The number of hydrogen-bond acceptors (Lipinski definition) is 2. The molecule has 2 unspecified atom stereocenters. The van der Waals surface area contributed by atoms with E-state index in [1.54, 1.807) is 6.26 Å². The SMILES string of the molecule is CC1CC(NC(C)CCS(C)=O)C1. The third-order valence-corrected chi connectivity index (χ3v) is 3.54. The van der Waals surface area contributed by atoms with E-state index in [1.807, 2.05) is 0 Å². The molecule has 1 saturated carbocycles. The molecule has 0 aromatic rings. The predicted molar refractivity (Wildman–Crippen MR) is 58.3 cm³/mol. The number of nitrogens with one attached hydrogen (secondary N) is 1. The summed E-state index contributed by atoms with van der Waals surface area (Å²) in [7, 11) is -0.632. The summed E-state index contributed by atoms with van der Waals surface area (Å²) < 4.78 is 10.9. The van der Waals surface area contributed by atoms with Crippen molar-refractivity contribution in [1.82, 2.24) is 5.32 Å². The quantitative estimate of drug-likeness (QED) is 0.734. The van der Waals surface area contributed by atoms with E-state index in [9.17, 15) is 4.21 Å². The summed E-state index contributed by atoms with van der Waals surface area (Å²) >= 11 is 0. The van der Waals surface area contributed by atoms with Crippen molar-refractivity contribution in [3.05, 3.63) is 0 Å². The Balaban J connectivity index is 2.04. The van der Waals surface area contributed by atoms with E-state index in [2.05, 4.69) is 19.2 Å². The molecule has 2 atom stereocenters. The van der Waals surface area contributed by atoms with Gasteiger partial charge in [-0.3, -0.25) is 4.21 Å². The second kappa shape index (κ2) is 5.11.